The molecule has 1 heterocycles. The van der Waals surface area contributed by atoms with E-state index in [0.29, 0.717) is 23.8 Å². The highest BCUT2D eigenvalue weighted by Gasteiger charge is 2.48. The first kappa shape index (κ1) is 18.4. The minimum atomic E-state index is -1.36. The number of carbonyl (C=O) groups excluding carboxylic acids is 3. The van der Waals surface area contributed by atoms with Crippen LogP contribution in [-0.4, -0.2) is 37.4 Å². The molecule has 2 unspecified atom stereocenters. The molecule has 0 radical (unpaired) electrons. The Kier molecular flexibility index (Phi) is 5.91. The van der Waals surface area contributed by atoms with Gasteiger partial charge in [-0.3, -0.25) is 14.4 Å². The number of rotatable bonds is 7. The third-order valence-electron chi connectivity index (χ3n) is 5.13. The zero-order valence-electron chi connectivity index (χ0n) is 14.9. The molecule has 1 aromatic carbocycles. The van der Waals surface area contributed by atoms with Crippen molar-refractivity contribution in [1.29, 1.82) is 0 Å². The first-order valence-electron chi connectivity index (χ1n) is 9.13. The molecule has 1 saturated heterocycles. The number of hydrogen-bond donors (Lipinski definition) is 0. The smallest absolute Gasteiger partial charge is 0.325 e. The summed E-state index contributed by atoms with van der Waals surface area (Å²) in [7, 11) is 1.50. The molecule has 2 fully saturated rings. The van der Waals surface area contributed by atoms with Gasteiger partial charge in [0, 0.05) is 0 Å². The Bertz CT molecular complexity index is 677. The van der Waals surface area contributed by atoms with E-state index < -0.39 is 29.6 Å². The number of cyclic esters (lactones) is 1. The molecule has 6 heteroatoms. The van der Waals surface area contributed by atoms with Gasteiger partial charge in [0.05, 0.1) is 7.11 Å². The van der Waals surface area contributed by atoms with E-state index in [1.807, 2.05) is 0 Å². The van der Waals surface area contributed by atoms with Crippen molar-refractivity contribution in [2.24, 2.45) is 11.8 Å². The van der Waals surface area contributed by atoms with Gasteiger partial charge in [-0.2, -0.15) is 0 Å². The molecule has 0 N–H and O–H groups in total. The van der Waals surface area contributed by atoms with E-state index in [9.17, 15) is 14.4 Å². The second-order valence-corrected chi connectivity index (χ2v) is 6.91. The average molecular weight is 360 g/mol. The minimum Gasteiger partial charge on any atom is -0.493 e. The third kappa shape index (κ3) is 4.06. The molecule has 2 atom stereocenters. The predicted molar refractivity (Wildman–Crippen MR) is 93.1 cm³/mol. The van der Waals surface area contributed by atoms with Gasteiger partial charge >= 0.3 is 5.97 Å². The summed E-state index contributed by atoms with van der Waals surface area (Å²) < 4.78 is 15.8. The summed E-state index contributed by atoms with van der Waals surface area (Å²) in [6.45, 7) is -0.373. The van der Waals surface area contributed by atoms with Gasteiger partial charge in [0.25, 0.3) is 0 Å². The molecular formula is C20H24O6. The Hall–Kier alpha value is -2.37. The highest BCUT2D eigenvalue weighted by atomic mass is 16.6. The lowest BCUT2D eigenvalue weighted by molar-refractivity contribution is -0.147. The predicted octanol–water partition coefficient (Wildman–Crippen LogP) is 2.72. The Balaban J connectivity index is 1.58. The van der Waals surface area contributed by atoms with Crippen molar-refractivity contribution < 1.29 is 28.6 Å². The third-order valence-corrected chi connectivity index (χ3v) is 5.13. The molecule has 6 nitrogen and oxygen atoms in total. The maximum Gasteiger partial charge on any atom is 0.325 e. The van der Waals surface area contributed by atoms with Crippen LogP contribution in [0.1, 0.15) is 38.5 Å². The van der Waals surface area contributed by atoms with Crippen molar-refractivity contribution in [3.05, 3.63) is 24.3 Å². The average Bonchev–Trinajstić information content (AvgIpc) is 2.94. The second kappa shape index (κ2) is 8.34. The van der Waals surface area contributed by atoms with Crippen molar-refractivity contribution in [2.45, 2.75) is 44.6 Å². The number of methoxy groups -OCH3 is 1. The maximum absolute atomic E-state index is 12.5. The van der Waals surface area contributed by atoms with E-state index in [1.165, 1.54) is 13.5 Å². The Labute approximate surface area is 152 Å². The van der Waals surface area contributed by atoms with Gasteiger partial charge < -0.3 is 14.2 Å². The van der Waals surface area contributed by atoms with Crippen LogP contribution < -0.4 is 9.47 Å². The number of para-hydroxylation sites is 2. The second-order valence-electron chi connectivity index (χ2n) is 6.91. The molecule has 1 aliphatic heterocycles. The van der Waals surface area contributed by atoms with Crippen molar-refractivity contribution in [1.82, 2.24) is 0 Å². The van der Waals surface area contributed by atoms with Gasteiger partial charge in [0.2, 0.25) is 0 Å². The molecule has 0 amide bonds. The molecule has 140 valence electrons. The van der Waals surface area contributed by atoms with Crippen LogP contribution in [0.15, 0.2) is 24.3 Å². The number of ketones is 2. The van der Waals surface area contributed by atoms with E-state index in [2.05, 4.69) is 0 Å². The fourth-order valence-electron chi connectivity index (χ4n) is 3.72. The van der Waals surface area contributed by atoms with Crippen LogP contribution in [0.5, 0.6) is 11.5 Å². The number of esters is 1. The van der Waals surface area contributed by atoms with Crippen LogP contribution in [0.3, 0.4) is 0 Å². The van der Waals surface area contributed by atoms with E-state index in [0.717, 1.165) is 25.7 Å². The summed E-state index contributed by atoms with van der Waals surface area (Å²) in [4.78, 5) is 37.0. The van der Waals surface area contributed by atoms with Gasteiger partial charge in [-0.05, 0) is 24.5 Å². The Morgan fingerprint density at radius 2 is 1.81 bits per heavy atom. The largest absolute Gasteiger partial charge is 0.493 e. The Morgan fingerprint density at radius 3 is 2.50 bits per heavy atom. The molecule has 2 aliphatic rings. The van der Waals surface area contributed by atoms with Gasteiger partial charge in [-0.25, -0.2) is 0 Å². The summed E-state index contributed by atoms with van der Waals surface area (Å²) in [5.41, 5.74) is 0. The number of hydrogen-bond acceptors (Lipinski definition) is 6. The van der Waals surface area contributed by atoms with Crippen molar-refractivity contribution in [3.8, 4) is 11.5 Å². The van der Waals surface area contributed by atoms with Gasteiger partial charge in [-0.15, -0.1) is 0 Å². The number of Topliss-reactive ketones (excluding diaryl/α,β-unsaturated/α-hetero) is 2. The van der Waals surface area contributed by atoms with Crippen LogP contribution >= 0.6 is 0 Å². The minimum absolute atomic E-state index is 0.373. The standard InChI is InChI=1S/C20H24O6/c1-24-15-9-5-6-10-16(15)25-12-14(21)18-19(22)17(26-20(18)23)11-13-7-3-2-4-8-13/h5-6,9-10,13,17-18H,2-4,7-8,11-12H2,1H3. The van der Waals surface area contributed by atoms with Crippen LogP contribution in [0, 0.1) is 11.8 Å². The number of ether oxygens (including phenoxy) is 3. The maximum atomic E-state index is 12.5. The highest BCUT2D eigenvalue weighted by molar-refractivity contribution is 6.22. The molecule has 1 saturated carbocycles. The molecule has 0 spiro atoms. The molecule has 1 aliphatic carbocycles. The fraction of sp³-hybridized carbons (Fsp3) is 0.550. The first-order valence-corrected chi connectivity index (χ1v) is 9.13. The van der Waals surface area contributed by atoms with Crippen molar-refractivity contribution >= 4 is 17.5 Å². The van der Waals surface area contributed by atoms with Crippen LogP contribution in [0.2, 0.25) is 0 Å². The van der Waals surface area contributed by atoms with Gasteiger partial charge in [0.1, 0.15) is 6.61 Å². The lowest BCUT2D eigenvalue weighted by Gasteiger charge is -2.23. The zero-order chi connectivity index (χ0) is 18.5. The van der Waals surface area contributed by atoms with E-state index in [4.69, 9.17) is 14.2 Å². The first-order chi connectivity index (χ1) is 12.6. The van der Waals surface area contributed by atoms with Crippen LogP contribution in [-0.2, 0) is 19.1 Å². The molecule has 1 aromatic rings. The van der Waals surface area contributed by atoms with Crippen molar-refractivity contribution in [2.75, 3.05) is 13.7 Å². The normalized spacial score (nSPS) is 23.6. The van der Waals surface area contributed by atoms with E-state index in [1.54, 1.807) is 24.3 Å². The summed E-state index contributed by atoms with van der Waals surface area (Å²) >= 11 is 0. The molecular weight excluding hydrogens is 336 g/mol. The van der Waals surface area contributed by atoms with Gasteiger partial charge in [-0.1, -0.05) is 44.2 Å². The fourth-order valence-corrected chi connectivity index (χ4v) is 3.72. The SMILES string of the molecule is COc1ccccc1OCC(=O)C1C(=O)OC(CC2CCCCC2)C1=O. The van der Waals surface area contributed by atoms with Gasteiger partial charge in [0.15, 0.2) is 35.1 Å². The lowest BCUT2D eigenvalue weighted by atomic mass is 9.84. The summed E-state index contributed by atoms with van der Waals surface area (Å²) in [5, 5.41) is 0. The zero-order valence-corrected chi connectivity index (χ0v) is 14.9. The number of carbonyl (C=O) groups is 3. The summed E-state index contributed by atoms with van der Waals surface area (Å²) in [6, 6.07) is 6.89. The molecule has 3 rings (SSSR count). The lowest BCUT2D eigenvalue weighted by Crippen LogP contribution is -2.32. The molecule has 0 bridgehead atoms. The van der Waals surface area contributed by atoms with Crippen molar-refractivity contribution in [3.63, 3.8) is 0 Å². The Morgan fingerprint density at radius 1 is 1.12 bits per heavy atom. The molecule has 0 aromatic heterocycles. The van der Waals surface area contributed by atoms with E-state index >= 15 is 0 Å². The number of benzene rings is 1. The summed E-state index contributed by atoms with van der Waals surface area (Å²) in [6.07, 6.45) is 5.36. The van der Waals surface area contributed by atoms with E-state index in [-0.39, 0.29) is 6.61 Å². The monoisotopic (exact) mass is 360 g/mol. The summed E-state index contributed by atoms with van der Waals surface area (Å²) in [5.74, 6) is -1.84. The van der Waals surface area contributed by atoms with Crippen LogP contribution in [0.25, 0.3) is 0 Å². The highest BCUT2D eigenvalue weighted by Crippen LogP contribution is 2.32. The van der Waals surface area contributed by atoms with Crippen LogP contribution in [0.4, 0.5) is 0 Å². The topological polar surface area (TPSA) is 78.9 Å². The quantitative estimate of drug-likeness (QED) is 0.549. The molecule has 26 heavy (non-hydrogen) atoms.